The number of aryl methyl sites for hydroxylation is 1. The quantitative estimate of drug-likeness (QED) is 0.773. The van der Waals surface area contributed by atoms with Crippen molar-refractivity contribution in [2.45, 2.75) is 26.3 Å². The summed E-state index contributed by atoms with van der Waals surface area (Å²) in [4.78, 5) is 20.9. The Bertz CT molecular complexity index is 819. The lowest BCUT2D eigenvalue weighted by Gasteiger charge is -2.26. The fourth-order valence-electron chi connectivity index (χ4n) is 2.40. The molecule has 24 heavy (non-hydrogen) atoms. The lowest BCUT2D eigenvalue weighted by atomic mass is 10.0. The number of thiazole rings is 1. The Morgan fingerprint density at radius 1 is 1.29 bits per heavy atom. The van der Waals surface area contributed by atoms with E-state index < -0.39 is 0 Å². The van der Waals surface area contributed by atoms with E-state index in [4.69, 9.17) is 0 Å². The van der Waals surface area contributed by atoms with Gasteiger partial charge in [-0.05, 0) is 32.9 Å². The Balaban J connectivity index is 1.65. The van der Waals surface area contributed by atoms with Crippen LogP contribution in [0.5, 0.6) is 0 Å². The van der Waals surface area contributed by atoms with Crippen molar-refractivity contribution in [1.29, 1.82) is 0 Å². The van der Waals surface area contributed by atoms with E-state index in [0.717, 1.165) is 16.3 Å². The van der Waals surface area contributed by atoms with Crippen molar-refractivity contribution < 1.29 is 4.79 Å². The molecule has 0 aliphatic rings. The van der Waals surface area contributed by atoms with Gasteiger partial charge in [-0.2, -0.15) is 0 Å². The topological polar surface area (TPSA) is 59.8 Å². The van der Waals surface area contributed by atoms with E-state index in [1.807, 2.05) is 47.3 Å². The molecule has 0 bridgehead atoms. The number of hydrogen-bond acceptors (Lipinski definition) is 4. The Morgan fingerprint density at radius 2 is 2.04 bits per heavy atom. The molecular formula is C18H20N4OS. The highest BCUT2D eigenvalue weighted by Gasteiger charge is 2.20. The predicted octanol–water partition coefficient (Wildman–Crippen LogP) is 3.48. The second-order valence-electron chi connectivity index (χ2n) is 6.29. The maximum atomic E-state index is 12.4. The number of rotatable bonds is 5. The van der Waals surface area contributed by atoms with Gasteiger partial charge >= 0.3 is 0 Å². The van der Waals surface area contributed by atoms with E-state index in [-0.39, 0.29) is 11.4 Å². The number of carbonyl (C=O) groups is 1. The zero-order valence-corrected chi connectivity index (χ0v) is 14.8. The van der Waals surface area contributed by atoms with Crippen LogP contribution in [0, 0.1) is 6.92 Å². The molecule has 0 radical (unpaired) electrons. The Kier molecular flexibility index (Phi) is 4.49. The molecule has 2 heterocycles. The van der Waals surface area contributed by atoms with Crippen molar-refractivity contribution in [3.05, 3.63) is 58.9 Å². The summed E-state index contributed by atoms with van der Waals surface area (Å²) in [6.07, 6.45) is 5.40. The highest BCUT2D eigenvalue weighted by atomic mass is 32.1. The third-order valence-electron chi connectivity index (χ3n) is 3.95. The van der Waals surface area contributed by atoms with Crippen LogP contribution in [-0.2, 0) is 5.54 Å². The van der Waals surface area contributed by atoms with Gasteiger partial charge < -0.3 is 9.88 Å². The molecule has 124 valence electrons. The van der Waals surface area contributed by atoms with Crippen LogP contribution in [-0.4, -0.2) is 27.0 Å². The standard InChI is InChI=1S/C18H20N4OS/c1-13-21-16(10-24-13)14-4-6-15(7-5-14)17(23)20-11-18(2,3)22-9-8-19-12-22/h4-10,12H,11H2,1-3H3,(H,20,23). The summed E-state index contributed by atoms with van der Waals surface area (Å²) in [7, 11) is 0. The number of hydrogen-bond donors (Lipinski definition) is 1. The molecule has 0 fully saturated rings. The smallest absolute Gasteiger partial charge is 0.251 e. The lowest BCUT2D eigenvalue weighted by molar-refractivity contribution is 0.0938. The average Bonchev–Trinajstić information content (AvgIpc) is 3.25. The Labute approximate surface area is 145 Å². The van der Waals surface area contributed by atoms with E-state index in [1.165, 1.54) is 0 Å². The summed E-state index contributed by atoms with van der Waals surface area (Å²) in [5.41, 5.74) is 2.39. The summed E-state index contributed by atoms with van der Waals surface area (Å²) in [6, 6.07) is 7.54. The predicted molar refractivity (Wildman–Crippen MR) is 96.2 cm³/mol. The molecular weight excluding hydrogens is 320 g/mol. The first-order valence-electron chi connectivity index (χ1n) is 7.75. The van der Waals surface area contributed by atoms with Gasteiger partial charge in [-0.3, -0.25) is 4.79 Å². The van der Waals surface area contributed by atoms with Gasteiger partial charge in [0.2, 0.25) is 0 Å². The zero-order chi connectivity index (χ0) is 17.2. The molecule has 2 aromatic heterocycles. The summed E-state index contributed by atoms with van der Waals surface area (Å²) in [6.45, 7) is 6.62. The average molecular weight is 340 g/mol. The molecule has 1 aromatic carbocycles. The van der Waals surface area contributed by atoms with Crippen molar-refractivity contribution >= 4 is 17.2 Å². The van der Waals surface area contributed by atoms with Crippen molar-refractivity contribution in [3.8, 4) is 11.3 Å². The fraction of sp³-hybridized carbons (Fsp3) is 0.278. The highest BCUT2D eigenvalue weighted by molar-refractivity contribution is 7.09. The molecule has 1 amide bonds. The lowest BCUT2D eigenvalue weighted by Crippen LogP contribution is -2.40. The summed E-state index contributed by atoms with van der Waals surface area (Å²) in [5, 5.41) is 6.05. The third-order valence-corrected chi connectivity index (χ3v) is 4.72. The van der Waals surface area contributed by atoms with Gasteiger partial charge in [-0.1, -0.05) is 12.1 Å². The van der Waals surface area contributed by atoms with Gasteiger partial charge in [-0.25, -0.2) is 9.97 Å². The van der Waals surface area contributed by atoms with Gasteiger partial charge in [0.1, 0.15) is 0 Å². The maximum Gasteiger partial charge on any atom is 0.251 e. The number of nitrogens with one attached hydrogen (secondary N) is 1. The first-order chi connectivity index (χ1) is 11.5. The third kappa shape index (κ3) is 3.54. The number of amides is 1. The minimum atomic E-state index is -0.232. The van der Waals surface area contributed by atoms with Gasteiger partial charge in [0, 0.05) is 35.4 Å². The Hall–Kier alpha value is -2.47. The van der Waals surface area contributed by atoms with Crippen LogP contribution in [0.25, 0.3) is 11.3 Å². The number of aromatic nitrogens is 3. The summed E-state index contributed by atoms with van der Waals surface area (Å²) >= 11 is 1.62. The molecule has 0 atom stereocenters. The number of carbonyl (C=O) groups excluding carboxylic acids is 1. The summed E-state index contributed by atoms with van der Waals surface area (Å²) in [5.74, 6) is -0.0794. The fourth-order valence-corrected chi connectivity index (χ4v) is 3.02. The van der Waals surface area contributed by atoms with Crippen LogP contribution >= 0.6 is 11.3 Å². The number of benzene rings is 1. The van der Waals surface area contributed by atoms with Crippen LogP contribution in [0.2, 0.25) is 0 Å². The molecule has 3 rings (SSSR count). The van der Waals surface area contributed by atoms with Gasteiger partial charge in [0.15, 0.2) is 0 Å². The van der Waals surface area contributed by atoms with E-state index in [0.29, 0.717) is 12.1 Å². The molecule has 3 aromatic rings. The number of imidazole rings is 1. The van der Waals surface area contributed by atoms with E-state index in [1.54, 1.807) is 23.9 Å². The Morgan fingerprint density at radius 3 is 2.62 bits per heavy atom. The second-order valence-corrected chi connectivity index (χ2v) is 7.36. The molecule has 1 N–H and O–H groups in total. The largest absolute Gasteiger partial charge is 0.350 e. The molecule has 0 saturated carbocycles. The highest BCUT2D eigenvalue weighted by Crippen LogP contribution is 2.22. The van der Waals surface area contributed by atoms with Crippen molar-refractivity contribution in [1.82, 2.24) is 19.9 Å². The maximum absolute atomic E-state index is 12.4. The second kappa shape index (κ2) is 6.57. The van der Waals surface area contributed by atoms with Crippen LogP contribution in [0.1, 0.15) is 29.2 Å². The molecule has 6 heteroatoms. The van der Waals surface area contributed by atoms with Crippen molar-refractivity contribution in [2.75, 3.05) is 6.54 Å². The molecule has 5 nitrogen and oxygen atoms in total. The van der Waals surface area contributed by atoms with Gasteiger partial charge in [-0.15, -0.1) is 11.3 Å². The molecule has 0 aliphatic heterocycles. The molecule has 0 unspecified atom stereocenters. The SMILES string of the molecule is Cc1nc(-c2ccc(C(=O)NCC(C)(C)n3ccnc3)cc2)cs1. The van der Waals surface area contributed by atoms with E-state index in [9.17, 15) is 4.79 Å². The van der Waals surface area contributed by atoms with Crippen LogP contribution in [0.3, 0.4) is 0 Å². The molecule has 0 saturated heterocycles. The van der Waals surface area contributed by atoms with Gasteiger partial charge in [0.05, 0.1) is 22.6 Å². The van der Waals surface area contributed by atoms with Crippen molar-refractivity contribution in [2.24, 2.45) is 0 Å². The van der Waals surface area contributed by atoms with E-state index in [2.05, 4.69) is 29.1 Å². The number of nitrogens with zero attached hydrogens (tertiary/aromatic N) is 3. The zero-order valence-electron chi connectivity index (χ0n) is 14.0. The summed E-state index contributed by atoms with van der Waals surface area (Å²) < 4.78 is 1.99. The van der Waals surface area contributed by atoms with Crippen LogP contribution < -0.4 is 5.32 Å². The first-order valence-corrected chi connectivity index (χ1v) is 8.63. The monoisotopic (exact) mass is 340 g/mol. The van der Waals surface area contributed by atoms with Crippen LogP contribution in [0.15, 0.2) is 48.4 Å². The minimum absolute atomic E-state index is 0.0794. The minimum Gasteiger partial charge on any atom is -0.350 e. The molecule has 0 aliphatic carbocycles. The van der Waals surface area contributed by atoms with Crippen molar-refractivity contribution in [3.63, 3.8) is 0 Å². The normalized spacial score (nSPS) is 11.5. The van der Waals surface area contributed by atoms with Crippen LogP contribution in [0.4, 0.5) is 0 Å². The molecule has 0 spiro atoms. The first kappa shape index (κ1) is 16.4. The van der Waals surface area contributed by atoms with E-state index >= 15 is 0 Å². The van der Waals surface area contributed by atoms with Gasteiger partial charge in [0.25, 0.3) is 5.91 Å².